The van der Waals surface area contributed by atoms with Crippen LogP contribution in [0.4, 0.5) is 0 Å². The van der Waals surface area contributed by atoms with Crippen LogP contribution in [0.1, 0.15) is 29.6 Å². The molecule has 0 N–H and O–H groups in total. The first-order valence-electron chi connectivity index (χ1n) is 7.82. The van der Waals surface area contributed by atoms with Crippen LogP contribution in [0.2, 0.25) is 0 Å². The Morgan fingerprint density at radius 3 is 2.18 bits per heavy atom. The highest BCUT2D eigenvalue weighted by molar-refractivity contribution is 6.35. The van der Waals surface area contributed by atoms with Gasteiger partial charge < -0.3 is 0 Å². The summed E-state index contributed by atoms with van der Waals surface area (Å²) in [5, 5.41) is 6.28. The third kappa shape index (κ3) is 3.61. The van der Waals surface area contributed by atoms with E-state index < -0.39 is 0 Å². The maximum absolute atomic E-state index is 12.2. The molecule has 1 aliphatic heterocycles. The van der Waals surface area contributed by atoms with Crippen LogP contribution in [0.25, 0.3) is 11.1 Å². The van der Waals surface area contributed by atoms with Crippen molar-refractivity contribution in [3.05, 3.63) is 60.2 Å². The summed E-state index contributed by atoms with van der Waals surface area (Å²) in [6, 6.07) is 17.9. The second-order valence-corrected chi connectivity index (χ2v) is 5.57. The quantitative estimate of drug-likeness (QED) is 0.630. The highest BCUT2D eigenvalue weighted by Gasteiger charge is 2.08. The van der Waals surface area contributed by atoms with Crippen LogP contribution in [0, 0.1) is 0 Å². The summed E-state index contributed by atoms with van der Waals surface area (Å²) >= 11 is 0. The lowest BCUT2D eigenvalue weighted by molar-refractivity contribution is 0.106. The first-order valence-corrected chi connectivity index (χ1v) is 7.82. The molecule has 3 nitrogen and oxygen atoms in total. The number of carbonyl (C=O) groups is 1. The van der Waals surface area contributed by atoms with Gasteiger partial charge in [0.15, 0.2) is 0 Å². The van der Waals surface area contributed by atoms with Crippen LogP contribution < -0.4 is 0 Å². The molecule has 0 amide bonds. The Balaban J connectivity index is 1.67. The Kier molecular flexibility index (Phi) is 4.64. The van der Waals surface area contributed by atoms with Gasteiger partial charge in [0, 0.05) is 18.7 Å². The van der Waals surface area contributed by atoms with Gasteiger partial charge >= 0.3 is 0 Å². The molecule has 0 radical (unpaired) electrons. The van der Waals surface area contributed by atoms with Crippen LogP contribution in [0.5, 0.6) is 0 Å². The Bertz CT molecular complexity index is 641. The molecule has 2 aromatic rings. The van der Waals surface area contributed by atoms with E-state index in [0.717, 1.165) is 37.1 Å². The summed E-state index contributed by atoms with van der Waals surface area (Å²) < 4.78 is 0. The number of hydrazone groups is 1. The summed E-state index contributed by atoms with van der Waals surface area (Å²) in [6.45, 7) is 1.91. The molecule has 3 rings (SSSR count). The molecular weight excluding hydrogens is 272 g/mol. The fourth-order valence-corrected chi connectivity index (χ4v) is 2.66. The van der Waals surface area contributed by atoms with Crippen LogP contribution in [0.3, 0.4) is 0 Å². The second-order valence-electron chi connectivity index (χ2n) is 5.57. The van der Waals surface area contributed by atoms with E-state index in [9.17, 15) is 4.79 Å². The van der Waals surface area contributed by atoms with Crippen molar-refractivity contribution in [3.63, 3.8) is 0 Å². The molecule has 0 atom stereocenters. The average molecular weight is 292 g/mol. The first kappa shape index (κ1) is 14.5. The van der Waals surface area contributed by atoms with Crippen molar-refractivity contribution in [1.82, 2.24) is 5.01 Å². The van der Waals surface area contributed by atoms with Gasteiger partial charge in [0.1, 0.15) is 0 Å². The van der Waals surface area contributed by atoms with Crippen molar-refractivity contribution in [1.29, 1.82) is 0 Å². The molecule has 1 heterocycles. The summed E-state index contributed by atoms with van der Waals surface area (Å²) in [5.74, 6) is -0.0369. The molecule has 3 heteroatoms. The number of nitrogens with zero attached hydrogens (tertiary/aromatic N) is 2. The van der Waals surface area contributed by atoms with Gasteiger partial charge in [-0.1, -0.05) is 54.6 Å². The van der Waals surface area contributed by atoms with Crippen molar-refractivity contribution < 1.29 is 4.79 Å². The van der Waals surface area contributed by atoms with Gasteiger partial charge in [0.05, 0.1) is 6.21 Å². The lowest BCUT2D eigenvalue weighted by Crippen LogP contribution is -2.25. The van der Waals surface area contributed by atoms with Gasteiger partial charge in [0.25, 0.3) is 0 Å². The third-order valence-electron chi connectivity index (χ3n) is 3.95. The number of piperidine rings is 1. The van der Waals surface area contributed by atoms with E-state index >= 15 is 0 Å². The summed E-state index contributed by atoms with van der Waals surface area (Å²) in [5.41, 5.74) is 2.95. The number of benzene rings is 2. The highest BCUT2D eigenvalue weighted by atomic mass is 16.1. The van der Waals surface area contributed by atoms with Crippen molar-refractivity contribution in [2.75, 3.05) is 13.1 Å². The topological polar surface area (TPSA) is 32.7 Å². The highest BCUT2D eigenvalue weighted by Crippen LogP contribution is 2.19. The Morgan fingerprint density at radius 2 is 1.50 bits per heavy atom. The average Bonchev–Trinajstić information content (AvgIpc) is 2.61. The molecule has 112 valence electrons. The van der Waals surface area contributed by atoms with Gasteiger partial charge in [-0.2, -0.15) is 5.10 Å². The summed E-state index contributed by atoms with van der Waals surface area (Å²) in [4.78, 5) is 12.2. The predicted octanol–water partition coefficient (Wildman–Crippen LogP) is 4.01. The van der Waals surface area contributed by atoms with E-state index in [0.29, 0.717) is 5.56 Å². The van der Waals surface area contributed by atoms with Crippen molar-refractivity contribution in [2.45, 2.75) is 19.3 Å². The van der Waals surface area contributed by atoms with E-state index in [1.165, 1.54) is 12.6 Å². The van der Waals surface area contributed by atoms with Gasteiger partial charge in [0.2, 0.25) is 5.78 Å². The number of Topliss-reactive ketones (excluding diaryl/α,β-unsaturated/α-hetero) is 1. The predicted molar refractivity (Wildman–Crippen MR) is 90.1 cm³/mol. The van der Waals surface area contributed by atoms with Crippen molar-refractivity contribution in [3.8, 4) is 11.1 Å². The number of ketones is 1. The van der Waals surface area contributed by atoms with Crippen LogP contribution in [-0.4, -0.2) is 30.1 Å². The maximum Gasteiger partial charge on any atom is 0.205 e. The van der Waals surface area contributed by atoms with Crippen molar-refractivity contribution in [2.24, 2.45) is 5.10 Å². The molecule has 0 aromatic heterocycles. The van der Waals surface area contributed by atoms with Gasteiger partial charge in [-0.25, -0.2) is 0 Å². The van der Waals surface area contributed by atoms with Gasteiger partial charge in [-0.05, 0) is 30.4 Å². The van der Waals surface area contributed by atoms with Gasteiger partial charge in [-0.15, -0.1) is 0 Å². The Labute approximate surface area is 131 Å². The minimum Gasteiger partial charge on any atom is -0.297 e. The Morgan fingerprint density at radius 1 is 0.864 bits per heavy atom. The molecule has 0 spiro atoms. The van der Waals surface area contributed by atoms with Crippen molar-refractivity contribution >= 4 is 12.0 Å². The van der Waals surface area contributed by atoms with Crippen LogP contribution in [0.15, 0.2) is 59.7 Å². The maximum atomic E-state index is 12.2. The minimum atomic E-state index is -0.0369. The molecule has 1 aliphatic rings. The smallest absolute Gasteiger partial charge is 0.205 e. The second kappa shape index (κ2) is 7.03. The normalized spacial score (nSPS) is 15.2. The molecule has 1 fully saturated rings. The number of rotatable bonds is 4. The van der Waals surface area contributed by atoms with Gasteiger partial charge in [-0.3, -0.25) is 9.80 Å². The monoisotopic (exact) mass is 292 g/mol. The first-order chi connectivity index (χ1) is 10.8. The molecular formula is C19H20N2O. The Hall–Kier alpha value is -2.42. The molecule has 0 saturated carbocycles. The molecule has 0 bridgehead atoms. The standard InChI is InChI=1S/C19H20N2O/c22-19(15-20-21-13-5-2-6-14-21)18-11-9-17(10-12-18)16-7-3-1-4-8-16/h1,3-4,7-12,15H,2,5-6,13-14H2/b20-15-. The number of hydrogen-bond acceptors (Lipinski definition) is 3. The molecule has 22 heavy (non-hydrogen) atoms. The number of carbonyl (C=O) groups excluding carboxylic acids is 1. The van der Waals surface area contributed by atoms with Crippen LogP contribution in [-0.2, 0) is 0 Å². The fourth-order valence-electron chi connectivity index (χ4n) is 2.66. The molecule has 2 aromatic carbocycles. The fraction of sp³-hybridized carbons (Fsp3) is 0.263. The zero-order chi connectivity index (χ0) is 15.2. The lowest BCUT2D eigenvalue weighted by Gasteiger charge is -2.22. The van der Waals surface area contributed by atoms with E-state index in [2.05, 4.69) is 17.2 Å². The zero-order valence-electron chi connectivity index (χ0n) is 12.6. The van der Waals surface area contributed by atoms with Crippen LogP contribution >= 0.6 is 0 Å². The van der Waals surface area contributed by atoms with E-state index in [-0.39, 0.29) is 5.78 Å². The number of hydrogen-bond donors (Lipinski definition) is 0. The van der Waals surface area contributed by atoms with E-state index in [1.807, 2.05) is 47.5 Å². The SMILES string of the molecule is O=C(/C=N\N1CCCCC1)c1ccc(-c2ccccc2)cc1. The zero-order valence-corrected chi connectivity index (χ0v) is 12.6. The molecule has 1 saturated heterocycles. The molecule has 0 unspecified atom stereocenters. The molecule has 0 aliphatic carbocycles. The largest absolute Gasteiger partial charge is 0.297 e. The lowest BCUT2D eigenvalue weighted by atomic mass is 10.0. The summed E-state index contributed by atoms with van der Waals surface area (Å²) in [6.07, 6.45) is 5.04. The third-order valence-corrected chi connectivity index (χ3v) is 3.95. The minimum absolute atomic E-state index is 0.0369. The summed E-state index contributed by atoms with van der Waals surface area (Å²) in [7, 11) is 0. The van der Waals surface area contributed by atoms with E-state index in [1.54, 1.807) is 0 Å². The van der Waals surface area contributed by atoms with E-state index in [4.69, 9.17) is 0 Å².